The van der Waals surface area contributed by atoms with Gasteiger partial charge in [0.1, 0.15) is 6.29 Å². The van der Waals surface area contributed by atoms with E-state index in [9.17, 15) is 4.79 Å². The molecule has 106 valence electrons. The molecule has 0 aliphatic heterocycles. The van der Waals surface area contributed by atoms with E-state index in [0.29, 0.717) is 6.04 Å². The van der Waals surface area contributed by atoms with Crippen LogP contribution < -0.4 is 0 Å². The SMILES string of the molecule is CC1CCC(C=O)(CN(C)C(C)c2cccs2)CC1. The second-order valence-electron chi connectivity index (χ2n) is 6.27. The standard InChI is InChI=1S/C16H25NOS/c1-13-6-8-16(12-18,9-7-13)11-17(3)14(2)15-5-4-10-19-15/h4-5,10,12-14H,6-9,11H2,1-3H3. The van der Waals surface area contributed by atoms with Crippen LogP contribution in [0.15, 0.2) is 17.5 Å². The van der Waals surface area contributed by atoms with Crippen LogP contribution in [0.4, 0.5) is 0 Å². The van der Waals surface area contributed by atoms with Gasteiger partial charge in [-0.15, -0.1) is 11.3 Å². The predicted octanol–water partition coefficient (Wildman–Crippen LogP) is 4.14. The largest absolute Gasteiger partial charge is 0.303 e. The summed E-state index contributed by atoms with van der Waals surface area (Å²) in [4.78, 5) is 15.3. The molecule has 0 amide bonds. The van der Waals surface area contributed by atoms with Gasteiger partial charge in [-0.05, 0) is 57.0 Å². The van der Waals surface area contributed by atoms with Gasteiger partial charge in [0.2, 0.25) is 0 Å². The molecule has 1 unspecified atom stereocenters. The van der Waals surface area contributed by atoms with Gasteiger partial charge in [0, 0.05) is 22.9 Å². The number of thiophene rings is 1. The Labute approximate surface area is 120 Å². The van der Waals surface area contributed by atoms with E-state index in [-0.39, 0.29) is 5.41 Å². The molecule has 2 nitrogen and oxygen atoms in total. The molecule has 0 N–H and O–H groups in total. The number of carbonyl (C=O) groups excluding carboxylic acids is 1. The smallest absolute Gasteiger partial charge is 0.127 e. The number of hydrogen-bond acceptors (Lipinski definition) is 3. The van der Waals surface area contributed by atoms with Gasteiger partial charge in [0.05, 0.1) is 0 Å². The van der Waals surface area contributed by atoms with Gasteiger partial charge in [-0.2, -0.15) is 0 Å². The summed E-state index contributed by atoms with van der Waals surface area (Å²) in [6.45, 7) is 5.42. The molecule has 0 radical (unpaired) electrons. The Balaban J connectivity index is 2.00. The zero-order valence-electron chi connectivity index (χ0n) is 12.3. The van der Waals surface area contributed by atoms with Crippen molar-refractivity contribution in [1.29, 1.82) is 0 Å². The van der Waals surface area contributed by atoms with Crippen LogP contribution >= 0.6 is 11.3 Å². The van der Waals surface area contributed by atoms with Crippen molar-refractivity contribution in [2.75, 3.05) is 13.6 Å². The quantitative estimate of drug-likeness (QED) is 0.755. The lowest BCUT2D eigenvalue weighted by Gasteiger charge is -2.39. The minimum Gasteiger partial charge on any atom is -0.303 e. The Morgan fingerprint density at radius 3 is 2.74 bits per heavy atom. The van der Waals surface area contributed by atoms with Gasteiger partial charge in [0.15, 0.2) is 0 Å². The van der Waals surface area contributed by atoms with Crippen molar-refractivity contribution in [2.24, 2.45) is 11.3 Å². The topological polar surface area (TPSA) is 20.3 Å². The molecule has 1 saturated carbocycles. The normalized spacial score (nSPS) is 29.4. The van der Waals surface area contributed by atoms with Crippen molar-refractivity contribution < 1.29 is 4.79 Å². The van der Waals surface area contributed by atoms with Crippen LogP contribution in [-0.4, -0.2) is 24.8 Å². The van der Waals surface area contributed by atoms with Crippen molar-refractivity contribution in [2.45, 2.75) is 45.6 Å². The molecular weight excluding hydrogens is 254 g/mol. The average Bonchev–Trinajstić information content (AvgIpc) is 2.95. The summed E-state index contributed by atoms with van der Waals surface area (Å²) in [5.41, 5.74) is -0.104. The molecule has 2 rings (SSSR count). The Morgan fingerprint density at radius 1 is 1.53 bits per heavy atom. The second kappa shape index (κ2) is 6.19. The molecule has 1 aromatic rings. The number of aldehydes is 1. The molecule has 19 heavy (non-hydrogen) atoms. The fraction of sp³-hybridized carbons (Fsp3) is 0.688. The summed E-state index contributed by atoms with van der Waals surface area (Å²) < 4.78 is 0. The summed E-state index contributed by atoms with van der Waals surface area (Å²) in [5.74, 6) is 0.785. The third-order valence-electron chi connectivity index (χ3n) is 4.70. The molecular formula is C16H25NOS. The van der Waals surface area contributed by atoms with Crippen molar-refractivity contribution in [3.05, 3.63) is 22.4 Å². The average molecular weight is 279 g/mol. The highest BCUT2D eigenvalue weighted by Gasteiger charge is 2.35. The van der Waals surface area contributed by atoms with Crippen LogP contribution in [-0.2, 0) is 4.79 Å². The first-order valence-corrected chi connectivity index (χ1v) is 8.14. The van der Waals surface area contributed by atoms with Gasteiger partial charge < -0.3 is 4.79 Å². The van der Waals surface area contributed by atoms with E-state index in [1.54, 1.807) is 11.3 Å². The molecule has 0 spiro atoms. The van der Waals surface area contributed by atoms with Crippen molar-refractivity contribution in [3.63, 3.8) is 0 Å². The molecule has 1 aromatic heterocycles. The lowest BCUT2D eigenvalue weighted by Crippen LogP contribution is -2.40. The van der Waals surface area contributed by atoms with E-state index < -0.39 is 0 Å². The molecule has 1 heterocycles. The lowest BCUT2D eigenvalue weighted by molar-refractivity contribution is -0.119. The zero-order valence-corrected chi connectivity index (χ0v) is 13.1. The maximum atomic E-state index is 11.6. The fourth-order valence-corrected chi connectivity index (χ4v) is 3.88. The lowest BCUT2D eigenvalue weighted by atomic mass is 9.71. The Bertz CT molecular complexity index is 393. The first-order valence-electron chi connectivity index (χ1n) is 7.26. The van der Waals surface area contributed by atoms with Gasteiger partial charge >= 0.3 is 0 Å². The Morgan fingerprint density at radius 2 is 2.21 bits per heavy atom. The minimum absolute atomic E-state index is 0.104. The van der Waals surface area contributed by atoms with E-state index >= 15 is 0 Å². The molecule has 0 aromatic carbocycles. The first kappa shape index (κ1) is 14.7. The monoisotopic (exact) mass is 279 g/mol. The molecule has 1 fully saturated rings. The summed E-state index contributed by atoms with van der Waals surface area (Å²) in [5, 5.41) is 2.12. The number of rotatable bonds is 5. The Kier molecular flexibility index (Phi) is 4.80. The van der Waals surface area contributed by atoms with E-state index in [1.807, 2.05) is 0 Å². The maximum absolute atomic E-state index is 11.6. The molecule has 1 aliphatic carbocycles. The van der Waals surface area contributed by atoms with Crippen molar-refractivity contribution >= 4 is 17.6 Å². The first-order chi connectivity index (χ1) is 9.06. The summed E-state index contributed by atoms with van der Waals surface area (Å²) in [6.07, 6.45) is 5.73. The zero-order chi connectivity index (χ0) is 13.9. The van der Waals surface area contributed by atoms with Crippen molar-refractivity contribution in [3.8, 4) is 0 Å². The van der Waals surface area contributed by atoms with Crippen LogP contribution in [0.5, 0.6) is 0 Å². The summed E-state index contributed by atoms with van der Waals surface area (Å²) in [6, 6.07) is 4.68. The number of carbonyl (C=O) groups is 1. The van der Waals surface area contributed by atoms with Gasteiger partial charge in [-0.1, -0.05) is 13.0 Å². The third-order valence-corrected chi connectivity index (χ3v) is 5.74. The fourth-order valence-electron chi connectivity index (χ4n) is 3.03. The minimum atomic E-state index is -0.104. The third kappa shape index (κ3) is 3.46. The van der Waals surface area contributed by atoms with E-state index in [1.165, 1.54) is 24.0 Å². The van der Waals surface area contributed by atoms with E-state index in [2.05, 4.69) is 43.3 Å². The van der Waals surface area contributed by atoms with Gasteiger partial charge in [-0.3, -0.25) is 4.90 Å². The Hall–Kier alpha value is -0.670. The van der Waals surface area contributed by atoms with Gasteiger partial charge in [-0.25, -0.2) is 0 Å². The maximum Gasteiger partial charge on any atom is 0.127 e. The molecule has 0 saturated heterocycles. The molecule has 1 aliphatic rings. The molecule has 1 atom stereocenters. The predicted molar refractivity (Wildman–Crippen MR) is 81.5 cm³/mol. The summed E-state index contributed by atoms with van der Waals surface area (Å²) in [7, 11) is 2.15. The van der Waals surface area contributed by atoms with Crippen LogP contribution in [0.1, 0.15) is 50.4 Å². The van der Waals surface area contributed by atoms with Crippen LogP contribution in [0.2, 0.25) is 0 Å². The second-order valence-corrected chi connectivity index (χ2v) is 7.25. The van der Waals surface area contributed by atoms with Crippen LogP contribution in [0.25, 0.3) is 0 Å². The van der Waals surface area contributed by atoms with Crippen LogP contribution in [0.3, 0.4) is 0 Å². The number of nitrogens with zero attached hydrogens (tertiary/aromatic N) is 1. The molecule has 0 bridgehead atoms. The van der Waals surface area contributed by atoms with E-state index in [4.69, 9.17) is 0 Å². The highest BCUT2D eigenvalue weighted by Crippen LogP contribution is 2.39. The van der Waals surface area contributed by atoms with Crippen LogP contribution in [0, 0.1) is 11.3 Å². The van der Waals surface area contributed by atoms with Gasteiger partial charge in [0.25, 0.3) is 0 Å². The number of hydrogen-bond donors (Lipinski definition) is 0. The highest BCUT2D eigenvalue weighted by molar-refractivity contribution is 7.10. The van der Waals surface area contributed by atoms with E-state index in [0.717, 1.165) is 25.3 Å². The van der Waals surface area contributed by atoms with Crippen molar-refractivity contribution in [1.82, 2.24) is 4.90 Å². The molecule has 3 heteroatoms. The highest BCUT2D eigenvalue weighted by atomic mass is 32.1. The summed E-state index contributed by atoms with van der Waals surface area (Å²) >= 11 is 1.80.